The first-order valence-electron chi connectivity index (χ1n) is 5.93. The molecule has 0 aromatic heterocycles. The lowest BCUT2D eigenvalue weighted by molar-refractivity contribution is 0.0699. The van der Waals surface area contributed by atoms with Gasteiger partial charge in [-0.3, -0.25) is 0 Å². The molecule has 0 aliphatic carbocycles. The standard InChI is InChI=1S/C13H20N2O/c1-10-8-12(14)2-3-13(10)15-9-11-4-6-16-7-5-11/h2-3,8,11,15H,4-7,9,14H2,1H3. The van der Waals surface area contributed by atoms with E-state index in [1.807, 2.05) is 12.1 Å². The Bertz CT molecular complexity index is 346. The second-order valence-corrected chi connectivity index (χ2v) is 4.51. The van der Waals surface area contributed by atoms with Crippen LogP contribution in [0.5, 0.6) is 0 Å². The average Bonchev–Trinajstić information content (AvgIpc) is 2.29. The largest absolute Gasteiger partial charge is 0.399 e. The molecule has 3 heteroatoms. The molecule has 0 atom stereocenters. The van der Waals surface area contributed by atoms with Crippen molar-refractivity contribution >= 4 is 11.4 Å². The molecule has 0 saturated carbocycles. The highest BCUT2D eigenvalue weighted by molar-refractivity contribution is 5.57. The summed E-state index contributed by atoms with van der Waals surface area (Å²) in [6.07, 6.45) is 2.34. The van der Waals surface area contributed by atoms with Crippen molar-refractivity contribution in [1.29, 1.82) is 0 Å². The van der Waals surface area contributed by atoms with E-state index in [0.29, 0.717) is 0 Å². The van der Waals surface area contributed by atoms with E-state index in [0.717, 1.165) is 31.4 Å². The third kappa shape index (κ3) is 2.89. The van der Waals surface area contributed by atoms with E-state index in [-0.39, 0.29) is 0 Å². The number of benzene rings is 1. The highest BCUT2D eigenvalue weighted by Gasteiger charge is 2.13. The molecule has 3 nitrogen and oxygen atoms in total. The summed E-state index contributed by atoms with van der Waals surface area (Å²) < 4.78 is 5.35. The minimum absolute atomic E-state index is 0.741. The van der Waals surface area contributed by atoms with Crippen molar-refractivity contribution in [2.45, 2.75) is 19.8 Å². The Morgan fingerprint density at radius 1 is 1.38 bits per heavy atom. The van der Waals surface area contributed by atoms with Crippen LogP contribution in [0, 0.1) is 12.8 Å². The third-order valence-electron chi connectivity index (χ3n) is 3.17. The normalized spacial score (nSPS) is 17.3. The number of aryl methyl sites for hydroxylation is 1. The fourth-order valence-electron chi connectivity index (χ4n) is 2.09. The number of nitrogen functional groups attached to an aromatic ring is 1. The topological polar surface area (TPSA) is 47.3 Å². The summed E-state index contributed by atoms with van der Waals surface area (Å²) in [6, 6.07) is 6.01. The number of nitrogens with one attached hydrogen (secondary N) is 1. The van der Waals surface area contributed by atoms with E-state index in [1.54, 1.807) is 0 Å². The van der Waals surface area contributed by atoms with Gasteiger partial charge in [-0.25, -0.2) is 0 Å². The zero-order valence-corrected chi connectivity index (χ0v) is 9.83. The van der Waals surface area contributed by atoms with Gasteiger partial charge in [0.25, 0.3) is 0 Å². The molecular weight excluding hydrogens is 200 g/mol. The molecule has 1 aliphatic heterocycles. The quantitative estimate of drug-likeness (QED) is 0.769. The number of hydrogen-bond donors (Lipinski definition) is 2. The Hall–Kier alpha value is -1.22. The van der Waals surface area contributed by atoms with E-state index < -0.39 is 0 Å². The van der Waals surface area contributed by atoms with E-state index in [1.165, 1.54) is 24.1 Å². The van der Waals surface area contributed by atoms with Gasteiger partial charge in [0.1, 0.15) is 0 Å². The zero-order valence-electron chi connectivity index (χ0n) is 9.83. The summed E-state index contributed by atoms with van der Waals surface area (Å²) in [5.41, 5.74) is 8.96. The molecule has 0 radical (unpaired) electrons. The van der Waals surface area contributed by atoms with Crippen LogP contribution in [0.15, 0.2) is 18.2 Å². The van der Waals surface area contributed by atoms with Crippen LogP contribution < -0.4 is 11.1 Å². The molecule has 16 heavy (non-hydrogen) atoms. The molecule has 88 valence electrons. The van der Waals surface area contributed by atoms with Crippen LogP contribution in [0.2, 0.25) is 0 Å². The van der Waals surface area contributed by atoms with Crippen LogP contribution in [0.25, 0.3) is 0 Å². The van der Waals surface area contributed by atoms with Crippen molar-refractivity contribution in [2.24, 2.45) is 5.92 Å². The zero-order chi connectivity index (χ0) is 11.4. The smallest absolute Gasteiger partial charge is 0.0469 e. The van der Waals surface area contributed by atoms with Crippen molar-refractivity contribution < 1.29 is 4.74 Å². The van der Waals surface area contributed by atoms with Crippen molar-refractivity contribution in [3.8, 4) is 0 Å². The van der Waals surface area contributed by atoms with E-state index >= 15 is 0 Å². The summed E-state index contributed by atoms with van der Waals surface area (Å²) in [5, 5.41) is 3.50. The summed E-state index contributed by atoms with van der Waals surface area (Å²) in [5.74, 6) is 0.741. The highest BCUT2D eigenvalue weighted by atomic mass is 16.5. The summed E-state index contributed by atoms with van der Waals surface area (Å²) in [7, 11) is 0. The number of ether oxygens (including phenoxy) is 1. The van der Waals surface area contributed by atoms with E-state index in [9.17, 15) is 0 Å². The van der Waals surface area contributed by atoms with Crippen molar-refractivity contribution in [3.63, 3.8) is 0 Å². The lowest BCUT2D eigenvalue weighted by Gasteiger charge is -2.23. The molecule has 1 fully saturated rings. The minimum Gasteiger partial charge on any atom is -0.399 e. The van der Waals surface area contributed by atoms with Crippen LogP contribution in [0.1, 0.15) is 18.4 Å². The van der Waals surface area contributed by atoms with Crippen LogP contribution in [-0.2, 0) is 4.74 Å². The maximum atomic E-state index is 5.72. The van der Waals surface area contributed by atoms with Gasteiger partial charge >= 0.3 is 0 Å². The molecule has 3 N–H and O–H groups in total. The Morgan fingerprint density at radius 3 is 2.81 bits per heavy atom. The molecule has 1 aliphatic rings. The number of nitrogens with two attached hydrogens (primary N) is 1. The van der Waals surface area contributed by atoms with Crippen molar-refractivity contribution in [3.05, 3.63) is 23.8 Å². The first kappa shape index (κ1) is 11.3. The first-order valence-corrected chi connectivity index (χ1v) is 5.93. The molecular formula is C13H20N2O. The average molecular weight is 220 g/mol. The highest BCUT2D eigenvalue weighted by Crippen LogP contribution is 2.20. The Kier molecular flexibility index (Phi) is 3.67. The van der Waals surface area contributed by atoms with Crippen LogP contribution in [-0.4, -0.2) is 19.8 Å². The second-order valence-electron chi connectivity index (χ2n) is 4.51. The van der Waals surface area contributed by atoms with Gasteiger partial charge in [0.2, 0.25) is 0 Å². The lowest BCUT2D eigenvalue weighted by atomic mass is 10.00. The molecule has 2 rings (SSSR count). The fraction of sp³-hybridized carbons (Fsp3) is 0.538. The van der Waals surface area contributed by atoms with Gasteiger partial charge in [0.15, 0.2) is 0 Å². The van der Waals surface area contributed by atoms with Gasteiger partial charge < -0.3 is 15.8 Å². The molecule has 0 unspecified atom stereocenters. The molecule has 0 amide bonds. The predicted molar refractivity (Wildman–Crippen MR) is 67.6 cm³/mol. The Morgan fingerprint density at radius 2 is 2.12 bits per heavy atom. The second kappa shape index (κ2) is 5.21. The molecule has 1 aromatic rings. The first-order chi connectivity index (χ1) is 7.75. The number of anilines is 2. The molecule has 0 bridgehead atoms. The maximum absolute atomic E-state index is 5.72. The summed E-state index contributed by atoms with van der Waals surface area (Å²) in [6.45, 7) is 4.94. The van der Waals surface area contributed by atoms with Gasteiger partial charge in [-0.2, -0.15) is 0 Å². The van der Waals surface area contributed by atoms with Gasteiger partial charge in [0.05, 0.1) is 0 Å². The van der Waals surface area contributed by atoms with Gasteiger partial charge in [-0.1, -0.05) is 0 Å². The molecule has 0 spiro atoms. The predicted octanol–water partition coefficient (Wildman–Crippen LogP) is 2.42. The fourth-order valence-corrected chi connectivity index (χ4v) is 2.09. The monoisotopic (exact) mass is 220 g/mol. The number of hydrogen-bond acceptors (Lipinski definition) is 3. The van der Waals surface area contributed by atoms with Crippen LogP contribution in [0.4, 0.5) is 11.4 Å². The van der Waals surface area contributed by atoms with Crippen LogP contribution in [0.3, 0.4) is 0 Å². The van der Waals surface area contributed by atoms with Crippen molar-refractivity contribution in [1.82, 2.24) is 0 Å². The van der Waals surface area contributed by atoms with E-state index in [4.69, 9.17) is 10.5 Å². The number of rotatable bonds is 3. The maximum Gasteiger partial charge on any atom is 0.0469 e. The minimum atomic E-state index is 0.741. The van der Waals surface area contributed by atoms with E-state index in [2.05, 4.69) is 18.3 Å². The SMILES string of the molecule is Cc1cc(N)ccc1NCC1CCOCC1. The molecule has 1 saturated heterocycles. The van der Waals surface area contributed by atoms with Crippen molar-refractivity contribution in [2.75, 3.05) is 30.8 Å². The van der Waals surface area contributed by atoms with Gasteiger partial charge in [-0.15, -0.1) is 0 Å². The molecule has 1 aromatic carbocycles. The van der Waals surface area contributed by atoms with Gasteiger partial charge in [-0.05, 0) is 49.4 Å². The Balaban J connectivity index is 1.88. The molecule has 1 heterocycles. The van der Waals surface area contributed by atoms with Gasteiger partial charge in [0, 0.05) is 31.1 Å². The summed E-state index contributed by atoms with van der Waals surface area (Å²) in [4.78, 5) is 0. The Labute approximate surface area is 97.0 Å². The third-order valence-corrected chi connectivity index (χ3v) is 3.17. The van der Waals surface area contributed by atoms with Crippen LogP contribution >= 0.6 is 0 Å². The lowest BCUT2D eigenvalue weighted by Crippen LogP contribution is -2.22. The summed E-state index contributed by atoms with van der Waals surface area (Å²) >= 11 is 0.